The van der Waals surface area contributed by atoms with E-state index in [4.69, 9.17) is 9.52 Å². The van der Waals surface area contributed by atoms with Crippen LogP contribution in [0.4, 0.5) is 0 Å². The van der Waals surface area contributed by atoms with E-state index in [9.17, 15) is 13.2 Å². The van der Waals surface area contributed by atoms with E-state index < -0.39 is 16.0 Å². The number of nitrogens with zero attached hydrogens (tertiary/aromatic N) is 1. The molecule has 1 aromatic heterocycles. The van der Waals surface area contributed by atoms with Crippen molar-refractivity contribution in [2.24, 2.45) is 5.92 Å². The fourth-order valence-electron chi connectivity index (χ4n) is 2.83. The fraction of sp³-hybridized carbons (Fsp3) is 0.643. The van der Waals surface area contributed by atoms with E-state index in [-0.39, 0.29) is 16.4 Å². The number of aryl methyl sites for hydroxylation is 1. The molecule has 7 heteroatoms. The Labute approximate surface area is 124 Å². The minimum absolute atomic E-state index is 0.0572. The first-order valence-electron chi connectivity index (χ1n) is 7.12. The van der Waals surface area contributed by atoms with E-state index in [1.807, 2.05) is 0 Å². The highest BCUT2D eigenvalue weighted by molar-refractivity contribution is 7.89. The van der Waals surface area contributed by atoms with Crippen LogP contribution in [0.1, 0.15) is 48.4 Å². The van der Waals surface area contributed by atoms with Gasteiger partial charge >= 0.3 is 5.97 Å². The smallest absolute Gasteiger partial charge is 0.371 e. The van der Waals surface area contributed by atoms with E-state index in [0.29, 0.717) is 12.5 Å². The Morgan fingerprint density at radius 3 is 2.52 bits per heavy atom. The van der Waals surface area contributed by atoms with Gasteiger partial charge in [0.05, 0.1) is 0 Å². The normalized spacial score (nSPS) is 17.3. The van der Waals surface area contributed by atoms with Gasteiger partial charge in [0, 0.05) is 19.7 Å². The summed E-state index contributed by atoms with van der Waals surface area (Å²) in [5.41, 5.74) is 0. The van der Waals surface area contributed by atoms with Gasteiger partial charge in [-0.2, -0.15) is 0 Å². The molecule has 1 N–H and O–H groups in total. The molecule has 1 aliphatic rings. The Kier molecular flexibility index (Phi) is 4.73. The zero-order valence-corrected chi connectivity index (χ0v) is 13.1. The van der Waals surface area contributed by atoms with Gasteiger partial charge in [-0.05, 0) is 25.7 Å². The number of hydrogen-bond donors (Lipinski definition) is 1. The standard InChI is InChI=1S/C14H21NO5S/c1-10-13(8-12(20-10)14(16)17)21(18,19)15(2)9-11-6-4-3-5-7-11/h8,11H,3-7,9H2,1-2H3,(H,16,17). The lowest BCUT2D eigenvalue weighted by molar-refractivity contribution is 0.0661. The monoisotopic (exact) mass is 315 g/mol. The maximum atomic E-state index is 12.5. The Balaban J connectivity index is 2.18. The highest BCUT2D eigenvalue weighted by atomic mass is 32.2. The molecule has 0 spiro atoms. The van der Waals surface area contributed by atoms with Gasteiger partial charge in [-0.15, -0.1) is 0 Å². The van der Waals surface area contributed by atoms with Gasteiger partial charge in [-0.25, -0.2) is 17.5 Å². The zero-order valence-electron chi connectivity index (χ0n) is 12.3. The van der Waals surface area contributed by atoms with Gasteiger partial charge in [0.1, 0.15) is 10.7 Å². The maximum absolute atomic E-state index is 12.5. The first-order chi connectivity index (χ1) is 9.82. The average molecular weight is 315 g/mol. The second-order valence-corrected chi connectivity index (χ2v) is 7.64. The Hall–Kier alpha value is -1.34. The highest BCUT2D eigenvalue weighted by Crippen LogP contribution is 2.28. The molecule has 0 aliphatic heterocycles. The predicted molar refractivity (Wildman–Crippen MR) is 76.8 cm³/mol. The molecule has 1 saturated carbocycles. The SMILES string of the molecule is Cc1oc(C(=O)O)cc1S(=O)(=O)N(C)CC1CCCCC1. The molecule has 1 heterocycles. The lowest BCUT2D eigenvalue weighted by atomic mass is 9.89. The first kappa shape index (κ1) is 16.0. The molecule has 1 aromatic rings. The molecule has 0 saturated heterocycles. The van der Waals surface area contributed by atoms with Gasteiger partial charge in [-0.3, -0.25) is 0 Å². The van der Waals surface area contributed by atoms with Crippen molar-refractivity contribution in [3.8, 4) is 0 Å². The lowest BCUT2D eigenvalue weighted by Crippen LogP contribution is -2.32. The van der Waals surface area contributed by atoms with Crippen LogP contribution in [0.5, 0.6) is 0 Å². The second-order valence-electron chi connectivity index (χ2n) is 5.63. The van der Waals surface area contributed by atoms with Crippen molar-refractivity contribution >= 4 is 16.0 Å². The van der Waals surface area contributed by atoms with Crippen LogP contribution in [0.2, 0.25) is 0 Å². The Bertz CT molecular complexity index is 613. The van der Waals surface area contributed by atoms with Crippen molar-refractivity contribution in [1.29, 1.82) is 0 Å². The fourth-order valence-corrected chi connectivity index (χ4v) is 4.23. The first-order valence-corrected chi connectivity index (χ1v) is 8.56. The van der Waals surface area contributed by atoms with E-state index in [1.54, 1.807) is 0 Å². The van der Waals surface area contributed by atoms with Crippen molar-refractivity contribution in [3.63, 3.8) is 0 Å². The van der Waals surface area contributed by atoms with Gasteiger partial charge in [0.25, 0.3) is 0 Å². The third kappa shape index (κ3) is 3.47. The highest BCUT2D eigenvalue weighted by Gasteiger charge is 2.29. The van der Waals surface area contributed by atoms with Crippen LogP contribution >= 0.6 is 0 Å². The van der Waals surface area contributed by atoms with Crippen LogP contribution in [0.3, 0.4) is 0 Å². The number of hydrogen-bond acceptors (Lipinski definition) is 4. The minimum atomic E-state index is -3.71. The van der Waals surface area contributed by atoms with Crippen LogP contribution in [0.25, 0.3) is 0 Å². The molecule has 0 radical (unpaired) electrons. The van der Waals surface area contributed by atoms with Crippen molar-refractivity contribution in [2.75, 3.05) is 13.6 Å². The summed E-state index contributed by atoms with van der Waals surface area (Å²) in [7, 11) is -2.17. The number of furan rings is 1. The zero-order chi connectivity index (χ0) is 15.6. The molecule has 1 fully saturated rings. The number of rotatable bonds is 5. The molecule has 6 nitrogen and oxygen atoms in total. The largest absolute Gasteiger partial charge is 0.475 e. The van der Waals surface area contributed by atoms with E-state index in [2.05, 4.69) is 0 Å². The van der Waals surface area contributed by atoms with Gasteiger partial charge < -0.3 is 9.52 Å². The topological polar surface area (TPSA) is 87.8 Å². The Morgan fingerprint density at radius 1 is 1.38 bits per heavy atom. The molecule has 0 atom stereocenters. The second kappa shape index (κ2) is 6.19. The molecule has 2 rings (SSSR count). The van der Waals surface area contributed by atoms with Crippen LogP contribution in [-0.2, 0) is 10.0 Å². The summed E-state index contributed by atoms with van der Waals surface area (Å²) < 4.78 is 31.4. The van der Waals surface area contributed by atoms with Crippen LogP contribution < -0.4 is 0 Å². The summed E-state index contributed by atoms with van der Waals surface area (Å²) in [5.74, 6) is -1.13. The van der Waals surface area contributed by atoms with Gasteiger partial charge in [-0.1, -0.05) is 19.3 Å². The summed E-state index contributed by atoms with van der Waals surface area (Å²) >= 11 is 0. The molecule has 0 amide bonds. The summed E-state index contributed by atoms with van der Waals surface area (Å²) in [5, 5.41) is 8.89. The van der Waals surface area contributed by atoms with Crippen molar-refractivity contribution in [3.05, 3.63) is 17.6 Å². The van der Waals surface area contributed by atoms with E-state index in [0.717, 1.165) is 31.7 Å². The average Bonchev–Trinajstić information content (AvgIpc) is 2.83. The maximum Gasteiger partial charge on any atom is 0.371 e. The molecule has 0 aromatic carbocycles. The lowest BCUT2D eigenvalue weighted by Gasteiger charge is -2.26. The Morgan fingerprint density at radius 2 is 2.00 bits per heavy atom. The molecule has 0 unspecified atom stereocenters. The van der Waals surface area contributed by atoms with Gasteiger partial charge in [0.15, 0.2) is 0 Å². The van der Waals surface area contributed by atoms with Crippen molar-refractivity contribution in [1.82, 2.24) is 4.31 Å². The third-order valence-electron chi connectivity index (χ3n) is 4.01. The molecule has 0 bridgehead atoms. The van der Waals surface area contributed by atoms with Crippen LogP contribution in [0.15, 0.2) is 15.4 Å². The summed E-state index contributed by atoms with van der Waals surface area (Å²) in [6, 6.07) is 1.09. The minimum Gasteiger partial charge on any atom is -0.475 e. The molecular weight excluding hydrogens is 294 g/mol. The number of carbonyl (C=O) groups is 1. The van der Waals surface area contributed by atoms with Crippen LogP contribution in [0, 0.1) is 12.8 Å². The summed E-state index contributed by atoms with van der Waals surface area (Å²) in [6.45, 7) is 1.93. The number of carboxylic acid groups (broad SMARTS) is 1. The van der Waals surface area contributed by atoms with Gasteiger partial charge in [0.2, 0.25) is 15.8 Å². The summed E-state index contributed by atoms with van der Waals surface area (Å²) in [6.07, 6.45) is 5.60. The number of carboxylic acids is 1. The third-order valence-corrected chi connectivity index (χ3v) is 5.94. The van der Waals surface area contributed by atoms with Crippen LogP contribution in [-0.4, -0.2) is 37.4 Å². The van der Waals surface area contributed by atoms with Crippen molar-refractivity contribution in [2.45, 2.75) is 43.9 Å². The molecule has 118 valence electrons. The number of aromatic carboxylic acids is 1. The molecular formula is C14H21NO5S. The van der Waals surface area contributed by atoms with Crippen molar-refractivity contribution < 1.29 is 22.7 Å². The predicted octanol–water partition coefficient (Wildman–Crippen LogP) is 2.49. The summed E-state index contributed by atoms with van der Waals surface area (Å²) in [4.78, 5) is 10.8. The molecule has 1 aliphatic carbocycles. The number of sulfonamides is 1. The van der Waals surface area contributed by atoms with E-state index in [1.165, 1.54) is 24.7 Å². The molecule has 21 heavy (non-hydrogen) atoms. The quantitative estimate of drug-likeness (QED) is 0.902. The van der Waals surface area contributed by atoms with E-state index >= 15 is 0 Å².